The van der Waals surface area contributed by atoms with Gasteiger partial charge in [0.1, 0.15) is 24.0 Å². The van der Waals surface area contributed by atoms with Crippen molar-refractivity contribution in [3.63, 3.8) is 0 Å². The van der Waals surface area contributed by atoms with Gasteiger partial charge in [0.15, 0.2) is 17.2 Å². The summed E-state index contributed by atoms with van der Waals surface area (Å²) >= 11 is 0. The zero-order chi connectivity index (χ0) is 27.5. The molecule has 0 aliphatic heterocycles. The minimum absolute atomic E-state index is 0.0240. The van der Waals surface area contributed by atoms with Crippen molar-refractivity contribution in [2.24, 2.45) is 11.8 Å². The molecule has 0 fully saturated rings. The number of para-hydroxylation sites is 1. The number of hydrogen-bond acceptors (Lipinski definition) is 9. The van der Waals surface area contributed by atoms with Crippen molar-refractivity contribution in [2.75, 3.05) is 13.9 Å². The zero-order valence-electron chi connectivity index (χ0n) is 22.3. The lowest BCUT2D eigenvalue weighted by Crippen LogP contribution is -2.44. The van der Waals surface area contributed by atoms with Crippen LogP contribution in [-0.2, 0) is 19.1 Å². The third-order valence-corrected chi connectivity index (χ3v) is 5.32. The van der Waals surface area contributed by atoms with Gasteiger partial charge in [-0.05, 0) is 31.9 Å². The van der Waals surface area contributed by atoms with Gasteiger partial charge in [-0.15, -0.1) is 0 Å². The number of methoxy groups -OCH3 is 1. The summed E-state index contributed by atoms with van der Waals surface area (Å²) in [5, 5.41) is 2.57. The van der Waals surface area contributed by atoms with Gasteiger partial charge in [-0.25, -0.2) is 9.78 Å². The number of hydrogen-bond donors (Lipinski definition) is 1. The van der Waals surface area contributed by atoms with E-state index >= 15 is 0 Å². The molecule has 10 heteroatoms. The molecule has 0 aliphatic rings. The first kappa shape index (κ1) is 29.4. The molecule has 1 N–H and O–H groups in total. The highest BCUT2D eigenvalue weighted by molar-refractivity contribution is 5.98. The summed E-state index contributed by atoms with van der Waals surface area (Å²) in [7, 11) is 1.40. The number of ether oxygens (including phenoxy) is 5. The molecule has 1 amide bonds. The van der Waals surface area contributed by atoms with Crippen LogP contribution >= 0.6 is 0 Å². The first-order chi connectivity index (χ1) is 17.5. The molecule has 0 unspecified atom stereocenters. The number of nitrogens with one attached hydrogen (secondary N) is 1. The Hall–Kier alpha value is -3.82. The minimum Gasteiger partial charge on any atom is -0.493 e. The molecular weight excluding hydrogens is 480 g/mol. The van der Waals surface area contributed by atoms with Crippen LogP contribution in [0.3, 0.4) is 0 Å². The number of amides is 1. The van der Waals surface area contributed by atoms with E-state index in [1.165, 1.54) is 26.3 Å². The van der Waals surface area contributed by atoms with Crippen molar-refractivity contribution in [3.05, 3.63) is 48.3 Å². The second kappa shape index (κ2) is 14.1. The van der Waals surface area contributed by atoms with Crippen molar-refractivity contribution >= 4 is 17.8 Å². The maximum atomic E-state index is 13.0. The largest absolute Gasteiger partial charge is 0.493 e. The Morgan fingerprint density at radius 2 is 1.62 bits per heavy atom. The molecule has 3 atom stereocenters. The van der Waals surface area contributed by atoms with Gasteiger partial charge in [0.25, 0.3) is 5.91 Å². The van der Waals surface area contributed by atoms with Crippen molar-refractivity contribution < 1.29 is 38.1 Å². The van der Waals surface area contributed by atoms with Crippen LogP contribution in [-0.4, -0.2) is 55.0 Å². The number of esters is 2. The predicted octanol–water partition coefficient (Wildman–Crippen LogP) is 3.78. The molecule has 1 aromatic carbocycles. The summed E-state index contributed by atoms with van der Waals surface area (Å²) in [6.07, 6.45) is 0.374. The molecule has 1 heterocycles. The molecule has 0 spiro atoms. The highest BCUT2D eigenvalue weighted by Gasteiger charge is 2.29. The first-order valence-corrected chi connectivity index (χ1v) is 12.1. The topological polar surface area (TPSA) is 122 Å². The Morgan fingerprint density at radius 1 is 0.946 bits per heavy atom. The number of nitrogens with zero attached hydrogens (tertiary/aromatic N) is 1. The Bertz CT molecular complexity index is 1040. The Kier molecular flexibility index (Phi) is 11.2. The lowest BCUT2D eigenvalue weighted by atomic mass is 10.0. The van der Waals surface area contributed by atoms with Gasteiger partial charge < -0.3 is 29.0 Å². The SMILES string of the molecule is COc1ccnc(C(=O)N[C@@H](C)C(=O)O[C@@H](C)[C@H](Oc2ccccc2)C(C)C)c1OCOC(=O)C(C)C. The molecule has 0 aliphatic carbocycles. The average Bonchev–Trinajstić information content (AvgIpc) is 2.87. The fourth-order valence-corrected chi connectivity index (χ4v) is 3.31. The lowest BCUT2D eigenvalue weighted by molar-refractivity contribution is -0.156. The van der Waals surface area contributed by atoms with Crippen molar-refractivity contribution in [2.45, 2.75) is 59.8 Å². The van der Waals surface area contributed by atoms with Gasteiger partial charge >= 0.3 is 11.9 Å². The van der Waals surface area contributed by atoms with Gasteiger partial charge in [0.05, 0.1) is 13.0 Å². The molecule has 0 radical (unpaired) electrons. The van der Waals surface area contributed by atoms with E-state index in [0.717, 1.165) is 0 Å². The molecule has 202 valence electrons. The summed E-state index contributed by atoms with van der Waals surface area (Å²) in [6.45, 7) is 10.1. The number of carbonyl (C=O) groups excluding carboxylic acids is 3. The smallest absolute Gasteiger partial charge is 0.328 e. The quantitative estimate of drug-likeness (QED) is 0.313. The maximum Gasteiger partial charge on any atom is 0.328 e. The molecule has 2 rings (SSSR count). The van der Waals surface area contributed by atoms with Crippen LogP contribution in [0.25, 0.3) is 0 Å². The summed E-state index contributed by atoms with van der Waals surface area (Å²) in [4.78, 5) is 41.5. The van der Waals surface area contributed by atoms with E-state index < -0.39 is 42.9 Å². The van der Waals surface area contributed by atoms with Crippen LogP contribution < -0.4 is 19.5 Å². The van der Waals surface area contributed by atoms with Crippen LogP contribution in [0.15, 0.2) is 42.6 Å². The minimum atomic E-state index is -1.00. The van der Waals surface area contributed by atoms with E-state index in [0.29, 0.717) is 5.75 Å². The van der Waals surface area contributed by atoms with Crippen LogP contribution in [0, 0.1) is 11.8 Å². The van der Waals surface area contributed by atoms with Crippen LogP contribution in [0.2, 0.25) is 0 Å². The van der Waals surface area contributed by atoms with Crippen LogP contribution in [0.5, 0.6) is 17.2 Å². The molecule has 0 saturated heterocycles. The van der Waals surface area contributed by atoms with E-state index in [4.69, 9.17) is 23.7 Å². The molecule has 37 heavy (non-hydrogen) atoms. The number of carbonyl (C=O) groups is 3. The number of benzene rings is 1. The van der Waals surface area contributed by atoms with Crippen molar-refractivity contribution in [1.82, 2.24) is 10.3 Å². The zero-order valence-corrected chi connectivity index (χ0v) is 22.3. The summed E-state index contributed by atoms with van der Waals surface area (Å²) in [5.41, 5.74) is -0.139. The fraction of sp³-hybridized carbons (Fsp3) is 0.481. The van der Waals surface area contributed by atoms with Crippen LogP contribution in [0.1, 0.15) is 52.0 Å². The summed E-state index contributed by atoms with van der Waals surface area (Å²) < 4.78 is 27.4. The van der Waals surface area contributed by atoms with Gasteiger partial charge in [0.2, 0.25) is 6.79 Å². The van der Waals surface area contributed by atoms with Gasteiger partial charge in [-0.1, -0.05) is 45.9 Å². The van der Waals surface area contributed by atoms with Gasteiger partial charge in [-0.3, -0.25) is 9.59 Å². The van der Waals surface area contributed by atoms with E-state index in [1.807, 2.05) is 44.2 Å². The monoisotopic (exact) mass is 516 g/mol. The normalized spacial score (nSPS) is 13.3. The molecule has 0 bridgehead atoms. The van der Waals surface area contributed by atoms with Gasteiger partial charge in [0, 0.05) is 12.3 Å². The lowest BCUT2D eigenvalue weighted by Gasteiger charge is -2.29. The molecule has 10 nitrogen and oxygen atoms in total. The molecule has 1 aromatic heterocycles. The third-order valence-electron chi connectivity index (χ3n) is 5.32. The Labute approximate surface area is 217 Å². The van der Waals surface area contributed by atoms with Crippen molar-refractivity contribution in [1.29, 1.82) is 0 Å². The highest BCUT2D eigenvalue weighted by Crippen LogP contribution is 2.29. The van der Waals surface area contributed by atoms with E-state index in [-0.39, 0.29) is 29.0 Å². The molecule has 2 aromatic rings. The molecular formula is C27H36N2O8. The van der Waals surface area contributed by atoms with E-state index in [9.17, 15) is 14.4 Å². The number of pyridine rings is 1. The third kappa shape index (κ3) is 8.66. The highest BCUT2D eigenvalue weighted by atomic mass is 16.7. The fourth-order valence-electron chi connectivity index (χ4n) is 3.31. The second-order valence-corrected chi connectivity index (χ2v) is 9.05. The van der Waals surface area contributed by atoms with E-state index in [2.05, 4.69) is 10.3 Å². The standard InChI is InChI=1S/C27H36N2O8/c1-16(2)23(37-20-11-9-8-10-12-20)19(6)36-27(32)18(5)29-25(30)22-24(21(33-7)13-14-28-22)34-15-35-26(31)17(3)4/h8-14,16-19,23H,15H2,1-7H3,(H,29,30)/t18-,19-,23+/m0/s1. The van der Waals surface area contributed by atoms with Crippen molar-refractivity contribution in [3.8, 4) is 17.2 Å². The average molecular weight is 517 g/mol. The second-order valence-electron chi connectivity index (χ2n) is 9.05. The van der Waals surface area contributed by atoms with Crippen LogP contribution in [0.4, 0.5) is 0 Å². The number of aromatic nitrogens is 1. The maximum absolute atomic E-state index is 13.0. The summed E-state index contributed by atoms with van der Waals surface area (Å²) in [5.74, 6) is -1.23. The Balaban J connectivity index is 2.06. The van der Waals surface area contributed by atoms with Gasteiger partial charge in [-0.2, -0.15) is 0 Å². The first-order valence-electron chi connectivity index (χ1n) is 12.1. The van der Waals surface area contributed by atoms with E-state index in [1.54, 1.807) is 20.8 Å². The Morgan fingerprint density at radius 3 is 2.22 bits per heavy atom. The summed E-state index contributed by atoms with van der Waals surface area (Å²) in [6, 6.07) is 9.76. The number of rotatable bonds is 13. The molecule has 0 saturated carbocycles. The predicted molar refractivity (Wildman–Crippen MR) is 135 cm³/mol.